The number of phenolic OH excluding ortho intramolecular Hbond substituents is 1. The predicted octanol–water partition coefficient (Wildman–Crippen LogP) is 4.85. The summed E-state index contributed by atoms with van der Waals surface area (Å²) in [6, 6.07) is 15.5. The Morgan fingerprint density at radius 3 is 2.43 bits per heavy atom. The third kappa shape index (κ3) is 6.00. The van der Waals surface area contributed by atoms with Crippen LogP contribution in [0.5, 0.6) is 11.5 Å². The number of benzene rings is 2. The Balaban J connectivity index is 0.000000219. The van der Waals surface area contributed by atoms with Gasteiger partial charge in [-0.3, -0.25) is 0 Å². The summed E-state index contributed by atoms with van der Waals surface area (Å²) in [6.07, 6.45) is 6.77. The molecular weight excluding hydrogens is 260 g/mol. The molecule has 0 bridgehead atoms. The van der Waals surface area contributed by atoms with E-state index in [0.717, 1.165) is 12.0 Å². The van der Waals surface area contributed by atoms with E-state index in [0.29, 0.717) is 5.75 Å². The van der Waals surface area contributed by atoms with Gasteiger partial charge in [0.05, 0.1) is 7.11 Å². The van der Waals surface area contributed by atoms with Crippen LogP contribution in [0, 0.1) is 0 Å². The number of phenols is 1. The highest BCUT2D eigenvalue weighted by atomic mass is 16.5. The van der Waals surface area contributed by atoms with Crippen molar-refractivity contribution in [3.05, 3.63) is 78.4 Å². The van der Waals surface area contributed by atoms with Gasteiger partial charge in [0.1, 0.15) is 0 Å². The number of ether oxygens (including phenoxy) is 1. The normalized spacial score (nSPS) is 9.81. The lowest BCUT2D eigenvalue weighted by Crippen LogP contribution is -1.83. The average molecular weight is 282 g/mol. The first-order valence-corrected chi connectivity index (χ1v) is 6.85. The van der Waals surface area contributed by atoms with E-state index in [1.807, 2.05) is 49.4 Å². The first kappa shape index (κ1) is 16.6. The topological polar surface area (TPSA) is 29.5 Å². The minimum Gasteiger partial charge on any atom is -0.504 e. The number of rotatable bonds is 4. The van der Waals surface area contributed by atoms with Crippen LogP contribution in [0.4, 0.5) is 0 Å². The summed E-state index contributed by atoms with van der Waals surface area (Å²) in [4.78, 5) is 0. The Hall–Kier alpha value is -2.48. The molecule has 0 fully saturated rings. The molecule has 21 heavy (non-hydrogen) atoms. The van der Waals surface area contributed by atoms with E-state index < -0.39 is 0 Å². The summed E-state index contributed by atoms with van der Waals surface area (Å²) in [6.45, 7) is 5.60. The molecule has 0 heterocycles. The SMILES string of the molecule is C=CCc1ccccc1.CC=Cc1ccc(O)c(OC)c1. The summed E-state index contributed by atoms with van der Waals surface area (Å²) in [5.74, 6) is 0.677. The minimum absolute atomic E-state index is 0.172. The fourth-order valence-corrected chi connectivity index (χ4v) is 1.77. The van der Waals surface area contributed by atoms with Gasteiger partial charge < -0.3 is 9.84 Å². The zero-order valence-corrected chi connectivity index (χ0v) is 12.6. The van der Waals surface area contributed by atoms with E-state index in [1.54, 1.807) is 12.1 Å². The van der Waals surface area contributed by atoms with Crippen molar-refractivity contribution in [3.8, 4) is 11.5 Å². The fraction of sp³-hybridized carbons (Fsp3) is 0.158. The first-order chi connectivity index (χ1) is 10.2. The van der Waals surface area contributed by atoms with Gasteiger partial charge in [-0.25, -0.2) is 0 Å². The van der Waals surface area contributed by atoms with Crippen molar-refractivity contribution in [1.82, 2.24) is 0 Å². The van der Waals surface area contributed by atoms with E-state index in [2.05, 4.69) is 18.7 Å². The fourth-order valence-electron chi connectivity index (χ4n) is 1.77. The second kappa shape index (κ2) is 9.43. The van der Waals surface area contributed by atoms with E-state index in [9.17, 15) is 5.11 Å². The van der Waals surface area contributed by atoms with Crippen molar-refractivity contribution in [2.75, 3.05) is 7.11 Å². The van der Waals surface area contributed by atoms with E-state index in [4.69, 9.17) is 4.74 Å². The van der Waals surface area contributed by atoms with E-state index in [-0.39, 0.29) is 5.75 Å². The summed E-state index contributed by atoms with van der Waals surface area (Å²) < 4.78 is 4.95. The molecule has 1 N–H and O–H groups in total. The molecule has 0 aliphatic rings. The lowest BCUT2D eigenvalue weighted by Gasteiger charge is -2.03. The number of hydrogen-bond donors (Lipinski definition) is 1. The van der Waals surface area contributed by atoms with Gasteiger partial charge in [0.15, 0.2) is 11.5 Å². The van der Waals surface area contributed by atoms with Crippen molar-refractivity contribution < 1.29 is 9.84 Å². The third-order valence-corrected chi connectivity index (χ3v) is 2.79. The molecule has 110 valence electrons. The molecule has 0 aromatic heterocycles. The van der Waals surface area contributed by atoms with Crippen LogP contribution < -0.4 is 4.74 Å². The van der Waals surface area contributed by atoms with Crippen LogP contribution in [0.1, 0.15) is 18.1 Å². The molecule has 0 amide bonds. The van der Waals surface area contributed by atoms with Crippen molar-refractivity contribution in [3.63, 3.8) is 0 Å². The molecule has 0 aliphatic heterocycles. The molecule has 2 aromatic rings. The van der Waals surface area contributed by atoms with Crippen LogP contribution in [0.2, 0.25) is 0 Å². The van der Waals surface area contributed by atoms with Crippen molar-refractivity contribution in [2.45, 2.75) is 13.3 Å². The lowest BCUT2D eigenvalue weighted by molar-refractivity contribution is 0.373. The van der Waals surface area contributed by atoms with Gasteiger partial charge in [0, 0.05) is 0 Å². The molecule has 0 radical (unpaired) electrons. The lowest BCUT2D eigenvalue weighted by atomic mass is 10.2. The summed E-state index contributed by atoms with van der Waals surface area (Å²) in [5.41, 5.74) is 2.35. The van der Waals surface area contributed by atoms with Crippen LogP contribution in [0.3, 0.4) is 0 Å². The Labute approximate surface area is 127 Å². The molecular formula is C19H22O2. The molecule has 0 saturated heterocycles. The highest BCUT2D eigenvalue weighted by Crippen LogP contribution is 2.26. The largest absolute Gasteiger partial charge is 0.504 e. The summed E-state index contributed by atoms with van der Waals surface area (Å²) >= 11 is 0. The number of aromatic hydroxyl groups is 1. The highest BCUT2D eigenvalue weighted by Gasteiger charge is 1.99. The third-order valence-electron chi connectivity index (χ3n) is 2.79. The number of allylic oxidation sites excluding steroid dienone is 2. The maximum Gasteiger partial charge on any atom is 0.161 e. The maximum absolute atomic E-state index is 9.25. The van der Waals surface area contributed by atoms with Crippen molar-refractivity contribution in [1.29, 1.82) is 0 Å². The Kier molecular flexibility index (Phi) is 7.44. The van der Waals surface area contributed by atoms with Gasteiger partial charge >= 0.3 is 0 Å². The Bertz CT molecular complexity index is 571. The second-order valence-corrected chi connectivity index (χ2v) is 4.41. The van der Waals surface area contributed by atoms with Crippen LogP contribution in [-0.2, 0) is 6.42 Å². The molecule has 2 nitrogen and oxygen atoms in total. The summed E-state index contributed by atoms with van der Waals surface area (Å²) in [5, 5.41) is 9.25. The molecule has 0 saturated carbocycles. The van der Waals surface area contributed by atoms with Gasteiger partial charge in [-0.2, -0.15) is 0 Å². The molecule has 0 spiro atoms. The number of hydrogen-bond acceptors (Lipinski definition) is 2. The zero-order valence-electron chi connectivity index (χ0n) is 12.6. The van der Waals surface area contributed by atoms with Gasteiger partial charge in [-0.05, 0) is 36.6 Å². The van der Waals surface area contributed by atoms with Gasteiger partial charge in [-0.1, -0.05) is 54.6 Å². The Morgan fingerprint density at radius 2 is 1.86 bits per heavy atom. The van der Waals surface area contributed by atoms with Gasteiger partial charge in [-0.15, -0.1) is 6.58 Å². The van der Waals surface area contributed by atoms with Gasteiger partial charge in [0.25, 0.3) is 0 Å². The molecule has 0 aliphatic carbocycles. The van der Waals surface area contributed by atoms with E-state index in [1.165, 1.54) is 12.7 Å². The van der Waals surface area contributed by atoms with Crippen molar-refractivity contribution in [2.24, 2.45) is 0 Å². The predicted molar refractivity (Wildman–Crippen MR) is 89.7 cm³/mol. The molecule has 2 aromatic carbocycles. The number of methoxy groups -OCH3 is 1. The summed E-state index contributed by atoms with van der Waals surface area (Å²) in [7, 11) is 1.54. The van der Waals surface area contributed by atoms with E-state index >= 15 is 0 Å². The van der Waals surface area contributed by atoms with Crippen LogP contribution in [0.25, 0.3) is 6.08 Å². The molecule has 2 rings (SSSR count). The quantitative estimate of drug-likeness (QED) is 0.812. The van der Waals surface area contributed by atoms with Gasteiger partial charge in [0.2, 0.25) is 0 Å². The maximum atomic E-state index is 9.25. The second-order valence-electron chi connectivity index (χ2n) is 4.41. The van der Waals surface area contributed by atoms with Crippen LogP contribution >= 0.6 is 0 Å². The smallest absolute Gasteiger partial charge is 0.161 e. The zero-order chi connectivity index (χ0) is 15.5. The van der Waals surface area contributed by atoms with Crippen LogP contribution in [0.15, 0.2) is 67.3 Å². The highest BCUT2D eigenvalue weighted by molar-refractivity contribution is 5.55. The monoisotopic (exact) mass is 282 g/mol. The van der Waals surface area contributed by atoms with Crippen molar-refractivity contribution >= 4 is 6.08 Å². The molecule has 0 unspecified atom stereocenters. The molecule has 0 atom stereocenters. The Morgan fingerprint density at radius 1 is 1.14 bits per heavy atom. The standard InChI is InChI=1S/C10H12O2.C9H10/c1-3-4-8-5-6-9(11)10(7-8)12-2;1-2-6-9-7-4-3-5-8-9/h3-7,11H,1-2H3;2-5,7-8H,1,6H2. The van der Waals surface area contributed by atoms with Crippen LogP contribution in [-0.4, -0.2) is 12.2 Å². The minimum atomic E-state index is 0.172. The average Bonchev–Trinajstić information content (AvgIpc) is 2.51. The first-order valence-electron chi connectivity index (χ1n) is 6.85. The molecule has 2 heteroatoms.